The normalized spacial score (nSPS) is 20.1. The lowest BCUT2D eigenvalue weighted by Gasteiger charge is -2.20. The zero-order valence-electron chi connectivity index (χ0n) is 12.6. The van der Waals surface area contributed by atoms with Crippen LogP contribution in [0.3, 0.4) is 0 Å². The molecule has 4 rings (SSSR count). The molecule has 1 aliphatic carbocycles. The molecule has 1 aromatic rings. The molecule has 4 nitrogen and oxygen atoms in total. The van der Waals surface area contributed by atoms with E-state index in [1.165, 1.54) is 22.4 Å². The largest absolute Gasteiger partial charge is 0.500 e. The Morgan fingerprint density at radius 1 is 1.10 bits per heavy atom. The van der Waals surface area contributed by atoms with Crippen LogP contribution in [0.4, 0.5) is 0 Å². The molecule has 3 aliphatic rings. The number of fused-ring (bicyclic) bond motifs is 4. The Kier molecular flexibility index (Phi) is 2.91. The average molecular weight is 286 g/mol. The minimum atomic E-state index is 0.324. The zero-order chi connectivity index (χ0) is 14.4. The third kappa shape index (κ3) is 1.93. The lowest BCUT2D eigenvalue weighted by atomic mass is 9.87. The summed E-state index contributed by atoms with van der Waals surface area (Å²) in [5, 5.41) is 0. The highest BCUT2D eigenvalue weighted by atomic mass is 16.7. The fourth-order valence-corrected chi connectivity index (χ4v) is 3.57. The van der Waals surface area contributed by atoms with Crippen LogP contribution in [0, 0.1) is 0 Å². The lowest BCUT2D eigenvalue weighted by Crippen LogP contribution is -2.22. The van der Waals surface area contributed by atoms with Gasteiger partial charge in [-0.3, -0.25) is 0 Å². The first-order chi connectivity index (χ1) is 10.3. The molecule has 21 heavy (non-hydrogen) atoms. The van der Waals surface area contributed by atoms with E-state index in [1.807, 2.05) is 0 Å². The molecule has 0 aromatic heterocycles. The molecule has 1 aromatic carbocycles. The number of benzene rings is 1. The number of allylic oxidation sites excluding steroid dienone is 2. The van der Waals surface area contributed by atoms with Crippen molar-refractivity contribution in [2.75, 3.05) is 27.5 Å². The van der Waals surface area contributed by atoms with Crippen LogP contribution in [0.5, 0.6) is 11.5 Å². The molecule has 0 saturated carbocycles. The first-order valence-electron chi connectivity index (χ1n) is 7.55. The smallest absolute Gasteiger partial charge is 0.231 e. The van der Waals surface area contributed by atoms with Crippen LogP contribution in [-0.2, 0) is 11.2 Å². The SMILES string of the molecule is COC1=C2C(=[N+](C)CCc3cc4c(cc32)OCO4)CCC1. The predicted molar refractivity (Wildman–Crippen MR) is 80.1 cm³/mol. The standard InChI is InChI=1S/C17H20NO3/c1-18-7-6-11-8-15-16(21-10-20-15)9-12(11)17-13(18)4-3-5-14(17)19-2/h8-9H,3-7,10H2,1-2H3/q+1. The molecule has 2 heterocycles. The number of hydrogen-bond donors (Lipinski definition) is 0. The van der Waals surface area contributed by atoms with E-state index in [0.717, 1.165) is 49.5 Å². The summed E-state index contributed by atoms with van der Waals surface area (Å²) in [6.07, 6.45) is 4.31. The van der Waals surface area contributed by atoms with Gasteiger partial charge in [-0.2, -0.15) is 0 Å². The number of hydrogen-bond acceptors (Lipinski definition) is 3. The summed E-state index contributed by atoms with van der Waals surface area (Å²) < 4.78 is 19.2. The van der Waals surface area contributed by atoms with Gasteiger partial charge < -0.3 is 14.2 Å². The molecule has 0 saturated heterocycles. The minimum absolute atomic E-state index is 0.324. The van der Waals surface area contributed by atoms with E-state index in [1.54, 1.807) is 7.11 Å². The Morgan fingerprint density at radius 3 is 2.71 bits per heavy atom. The second-order valence-electron chi connectivity index (χ2n) is 5.84. The fraction of sp³-hybridized carbons (Fsp3) is 0.471. The Labute approximate surface area is 124 Å². The van der Waals surface area contributed by atoms with Gasteiger partial charge in [-0.15, -0.1) is 0 Å². The number of nitrogens with zero attached hydrogens (tertiary/aromatic N) is 1. The van der Waals surface area contributed by atoms with Gasteiger partial charge in [0.2, 0.25) is 6.79 Å². The summed E-state index contributed by atoms with van der Waals surface area (Å²) in [5.41, 5.74) is 5.26. The van der Waals surface area contributed by atoms with Crippen molar-refractivity contribution >= 4 is 11.3 Å². The van der Waals surface area contributed by atoms with Crippen LogP contribution < -0.4 is 9.47 Å². The maximum atomic E-state index is 5.70. The van der Waals surface area contributed by atoms with Crippen LogP contribution in [0.25, 0.3) is 5.57 Å². The van der Waals surface area contributed by atoms with E-state index < -0.39 is 0 Å². The highest BCUT2D eigenvalue weighted by Gasteiger charge is 2.33. The summed E-state index contributed by atoms with van der Waals surface area (Å²) in [5.74, 6) is 2.83. The van der Waals surface area contributed by atoms with Crippen molar-refractivity contribution in [3.63, 3.8) is 0 Å². The van der Waals surface area contributed by atoms with Crippen molar-refractivity contribution in [2.45, 2.75) is 25.7 Å². The van der Waals surface area contributed by atoms with Gasteiger partial charge in [-0.25, -0.2) is 4.58 Å². The van der Waals surface area contributed by atoms with Crippen LogP contribution in [-0.4, -0.2) is 37.8 Å². The van der Waals surface area contributed by atoms with Crippen molar-refractivity contribution in [3.8, 4) is 11.5 Å². The van der Waals surface area contributed by atoms with E-state index in [2.05, 4.69) is 23.8 Å². The average Bonchev–Trinajstić information content (AvgIpc) is 2.92. The molecule has 0 spiro atoms. The molecule has 4 heteroatoms. The molecule has 2 aliphatic heterocycles. The molecule has 0 radical (unpaired) electrons. The van der Waals surface area contributed by atoms with Gasteiger partial charge in [0.15, 0.2) is 17.2 Å². The Bertz CT molecular complexity index is 673. The number of likely N-dealkylation sites (N-methyl/N-ethyl adjacent to an activating group) is 1. The minimum Gasteiger partial charge on any atom is -0.500 e. The predicted octanol–water partition coefficient (Wildman–Crippen LogP) is 2.60. The molecule has 0 bridgehead atoms. The van der Waals surface area contributed by atoms with Crippen molar-refractivity contribution in [2.24, 2.45) is 0 Å². The van der Waals surface area contributed by atoms with Crippen LogP contribution in [0.2, 0.25) is 0 Å². The van der Waals surface area contributed by atoms with Crippen LogP contribution >= 0.6 is 0 Å². The third-order valence-corrected chi connectivity index (χ3v) is 4.68. The first kappa shape index (κ1) is 12.7. The van der Waals surface area contributed by atoms with Gasteiger partial charge in [0.25, 0.3) is 0 Å². The molecular weight excluding hydrogens is 266 g/mol. The molecule has 0 N–H and O–H groups in total. The Balaban J connectivity index is 1.97. The van der Waals surface area contributed by atoms with Crippen molar-refractivity contribution in [1.29, 1.82) is 0 Å². The lowest BCUT2D eigenvalue weighted by molar-refractivity contribution is -0.496. The summed E-state index contributed by atoms with van der Waals surface area (Å²) >= 11 is 0. The van der Waals surface area contributed by atoms with E-state index in [4.69, 9.17) is 14.2 Å². The topological polar surface area (TPSA) is 30.7 Å². The van der Waals surface area contributed by atoms with E-state index in [9.17, 15) is 0 Å². The monoisotopic (exact) mass is 286 g/mol. The summed E-state index contributed by atoms with van der Waals surface area (Å²) in [6, 6.07) is 4.28. The zero-order valence-corrected chi connectivity index (χ0v) is 12.6. The van der Waals surface area contributed by atoms with Gasteiger partial charge in [0, 0.05) is 19.3 Å². The van der Waals surface area contributed by atoms with Crippen molar-refractivity contribution in [3.05, 3.63) is 29.0 Å². The second kappa shape index (κ2) is 4.79. The van der Waals surface area contributed by atoms with Crippen molar-refractivity contribution in [1.82, 2.24) is 0 Å². The molecular formula is C17H20NO3+. The van der Waals surface area contributed by atoms with E-state index >= 15 is 0 Å². The number of rotatable bonds is 1. The van der Waals surface area contributed by atoms with Gasteiger partial charge in [0.1, 0.15) is 19.4 Å². The van der Waals surface area contributed by atoms with Gasteiger partial charge in [-0.1, -0.05) is 0 Å². The molecule has 0 fully saturated rings. The summed E-state index contributed by atoms with van der Waals surface area (Å²) in [7, 11) is 3.96. The van der Waals surface area contributed by atoms with E-state index in [-0.39, 0.29) is 0 Å². The highest BCUT2D eigenvalue weighted by Crippen LogP contribution is 2.41. The van der Waals surface area contributed by atoms with Gasteiger partial charge in [0.05, 0.1) is 12.7 Å². The first-order valence-corrected chi connectivity index (χ1v) is 7.55. The van der Waals surface area contributed by atoms with Gasteiger partial charge >= 0.3 is 0 Å². The van der Waals surface area contributed by atoms with Crippen molar-refractivity contribution < 1.29 is 18.8 Å². The Hall–Kier alpha value is -1.97. The Morgan fingerprint density at radius 2 is 1.90 bits per heavy atom. The highest BCUT2D eigenvalue weighted by molar-refractivity contribution is 6.23. The molecule has 0 unspecified atom stereocenters. The summed E-state index contributed by atoms with van der Waals surface area (Å²) in [4.78, 5) is 0. The van der Waals surface area contributed by atoms with E-state index in [0.29, 0.717) is 6.79 Å². The molecule has 110 valence electrons. The summed E-state index contributed by atoms with van der Waals surface area (Å²) in [6.45, 7) is 1.35. The number of ether oxygens (including phenoxy) is 3. The van der Waals surface area contributed by atoms with Crippen LogP contribution in [0.15, 0.2) is 17.9 Å². The molecule has 0 atom stereocenters. The maximum absolute atomic E-state index is 5.70. The maximum Gasteiger partial charge on any atom is 0.231 e. The van der Waals surface area contributed by atoms with Gasteiger partial charge in [-0.05, 0) is 29.7 Å². The quantitative estimate of drug-likeness (QED) is 0.744. The molecule has 0 amide bonds. The van der Waals surface area contributed by atoms with Crippen LogP contribution in [0.1, 0.15) is 30.4 Å². The number of methoxy groups -OCH3 is 1. The second-order valence-corrected chi connectivity index (χ2v) is 5.84. The third-order valence-electron chi connectivity index (χ3n) is 4.68. The fourth-order valence-electron chi connectivity index (χ4n) is 3.57.